The largest absolute Gasteiger partial charge is 0.396 e. The number of hydrogen-bond acceptors (Lipinski definition) is 3. The summed E-state index contributed by atoms with van der Waals surface area (Å²) in [5.41, 5.74) is 9.27. The molecule has 2 atom stereocenters. The molecule has 20 heavy (non-hydrogen) atoms. The molecule has 0 saturated heterocycles. The van der Waals surface area contributed by atoms with Crippen molar-refractivity contribution in [2.75, 3.05) is 11.1 Å². The van der Waals surface area contributed by atoms with Crippen LogP contribution in [-0.4, -0.2) is 10.5 Å². The molecule has 2 unspecified atom stereocenters. The lowest BCUT2D eigenvalue weighted by Gasteiger charge is -2.65. The van der Waals surface area contributed by atoms with E-state index in [9.17, 15) is 0 Å². The molecule has 0 radical (unpaired) electrons. The molecule has 4 aliphatic carbocycles. The summed E-state index contributed by atoms with van der Waals surface area (Å²) < 4.78 is 0. The average molecular weight is 271 g/mol. The summed E-state index contributed by atoms with van der Waals surface area (Å²) in [4.78, 5) is 4.10. The lowest BCUT2D eigenvalue weighted by Crippen LogP contribution is -2.61. The summed E-state index contributed by atoms with van der Waals surface area (Å²) in [6.45, 7) is 5.00. The quantitative estimate of drug-likeness (QED) is 0.859. The van der Waals surface area contributed by atoms with E-state index in [2.05, 4.69) is 24.1 Å². The van der Waals surface area contributed by atoms with E-state index in [0.29, 0.717) is 10.8 Å². The molecule has 108 valence electrons. The highest BCUT2D eigenvalue weighted by Crippen LogP contribution is 2.66. The van der Waals surface area contributed by atoms with E-state index < -0.39 is 0 Å². The van der Waals surface area contributed by atoms with E-state index >= 15 is 0 Å². The molecular weight excluding hydrogens is 246 g/mol. The maximum atomic E-state index is 6.09. The molecule has 5 rings (SSSR count). The second-order valence-electron chi connectivity index (χ2n) is 8.50. The van der Waals surface area contributed by atoms with Gasteiger partial charge in [0.1, 0.15) is 0 Å². The van der Waals surface area contributed by atoms with Crippen molar-refractivity contribution in [1.82, 2.24) is 4.98 Å². The molecule has 0 spiro atoms. The number of pyridine rings is 1. The molecule has 1 heterocycles. The van der Waals surface area contributed by atoms with Gasteiger partial charge in [-0.05, 0) is 61.3 Å². The molecule has 4 fully saturated rings. The van der Waals surface area contributed by atoms with Crippen LogP contribution in [0.15, 0.2) is 18.5 Å². The average Bonchev–Trinajstić information content (AvgIpc) is 2.27. The third-order valence-electron chi connectivity index (χ3n) is 5.88. The molecule has 0 amide bonds. The van der Waals surface area contributed by atoms with Gasteiger partial charge in [-0.2, -0.15) is 0 Å². The Labute approximate surface area is 121 Å². The number of nitrogen functional groups attached to an aromatic ring is 1. The lowest BCUT2D eigenvalue weighted by atomic mass is 9.43. The zero-order chi connectivity index (χ0) is 14.0. The monoisotopic (exact) mass is 271 g/mol. The fraction of sp³-hybridized carbons (Fsp3) is 0.706. The van der Waals surface area contributed by atoms with E-state index in [0.717, 1.165) is 17.3 Å². The fourth-order valence-corrected chi connectivity index (χ4v) is 6.39. The number of nitrogens with zero attached hydrogens (tertiary/aromatic N) is 1. The molecule has 1 aromatic heterocycles. The van der Waals surface area contributed by atoms with Crippen LogP contribution >= 0.6 is 0 Å². The minimum absolute atomic E-state index is 0.262. The highest BCUT2D eigenvalue weighted by molar-refractivity contribution is 5.65. The minimum atomic E-state index is 0.262. The Balaban J connectivity index is 1.69. The third kappa shape index (κ3) is 1.82. The van der Waals surface area contributed by atoms with Crippen LogP contribution in [0.4, 0.5) is 11.4 Å². The van der Waals surface area contributed by atoms with Crippen LogP contribution in [0, 0.1) is 16.7 Å². The van der Waals surface area contributed by atoms with E-state index in [1.165, 1.54) is 38.5 Å². The summed E-state index contributed by atoms with van der Waals surface area (Å²) in [6, 6.07) is 2.03. The third-order valence-corrected chi connectivity index (χ3v) is 5.88. The van der Waals surface area contributed by atoms with Gasteiger partial charge in [-0.1, -0.05) is 13.8 Å². The van der Waals surface area contributed by atoms with Crippen molar-refractivity contribution in [2.24, 2.45) is 16.7 Å². The number of aromatic nitrogens is 1. The topological polar surface area (TPSA) is 50.9 Å². The molecule has 4 bridgehead atoms. The van der Waals surface area contributed by atoms with E-state index in [-0.39, 0.29) is 5.54 Å². The summed E-state index contributed by atoms with van der Waals surface area (Å²) in [6.07, 6.45) is 11.8. The van der Waals surface area contributed by atoms with Gasteiger partial charge in [-0.25, -0.2) is 0 Å². The molecule has 3 nitrogen and oxygen atoms in total. The van der Waals surface area contributed by atoms with E-state index in [4.69, 9.17) is 5.73 Å². The molecular formula is C17H25N3. The molecule has 3 N–H and O–H groups in total. The summed E-state index contributed by atoms with van der Waals surface area (Å²) in [5, 5.41) is 3.84. The van der Waals surface area contributed by atoms with Crippen molar-refractivity contribution in [3.8, 4) is 0 Å². The predicted octanol–water partition coefficient (Wildman–Crippen LogP) is 3.82. The van der Waals surface area contributed by atoms with Crippen LogP contribution in [0.3, 0.4) is 0 Å². The molecule has 4 aliphatic rings. The zero-order valence-corrected chi connectivity index (χ0v) is 12.6. The van der Waals surface area contributed by atoms with E-state index in [1.54, 1.807) is 6.20 Å². The molecule has 0 aliphatic heterocycles. The second kappa shape index (κ2) is 3.69. The highest BCUT2D eigenvalue weighted by Gasteiger charge is 2.60. The Kier molecular flexibility index (Phi) is 2.30. The van der Waals surface area contributed by atoms with Crippen molar-refractivity contribution >= 4 is 11.4 Å². The van der Waals surface area contributed by atoms with Crippen molar-refractivity contribution in [2.45, 2.75) is 57.9 Å². The van der Waals surface area contributed by atoms with E-state index in [1.807, 2.05) is 12.3 Å². The maximum Gasteiger partial charge on any atom is 0.0736 e. The Bertz CT molecular complexity index is 535. The summed E-state index contributed by atoms with van der Waals surface area (Å²) in [5.74, 6) is 0.900. The first-order chi connectivity index (χ1) is 9.40. The van der Waals surface area contributed by atoms with Gasteiger partial charge >= 0.3 is 0 Å². The Morgan fingerprint density at radius 2 is 1.85 bits per heavy atom. The van der Waals surface area contributed by atoms with Crippen LogP contribution in [0.25, 0.3) is 0 Å². The first kappa shape index (κ1) is 12.5. The van der Waals surface area contributed by atoms with Gasteiger partial charge in [0.15, 0.2) is 0 Å². The zero-order valence-electron chi connectivity index (χ0n) is 12.6. The normalized spacial score (nSPS) is 45.6. The number of anilines is 2. The molecule has 4 saturated carbocycles. The standard InChI is InChI=1S/C17H25N3/c1-15-5-12-6-16(2,9-15)11-17(7-12,10-15)20-14-3-4-19-8-13(14)18/h3-4,8,12H,5-7,9-11,18H2,1-2H3,(H,19,20). The second-order valence-corrected chi connectivity index (χ2v) is 8.50. The van der Waals surface area contributed by atoms with Gasteiger partial charge in [0.05, 0.1) is 17.6 Å². The lowest BCUT2D eigenvalue weighted by molar-refractivity contribution is -0.0972. The first-order valence-electron chi connectivity index (χ1n) is 7.87. The first-order valence-corrected chi connectivity index (χ1v) is 7.87. The minimum Gasteiger partial charge on any atom is -0.396 e. The SMILES string of the molecule is CC12CC3CC(C)(C1)CC(Nc1ccncc1N)(C3)C2. The van der Waals surface area contributed by atoms with Crippen molar-refractivity contribution < 1.29 is 0 Å². The molecule has 3 heteroatoms. The fourth-order valence-electron chi connectivity index (χ4n) is 6.39. The van der Waals surface area contributed by atoms with Gasteiger partial charge in [-0.15, -0.1) is 0 Å². The van der Waals surface area contributed by atoms with Crippen LogP contribution in [0.2, 0.25) is 0 Å². The van der Waals surface area contributed by atoms with Gasteiger partial charge in [0.2, 0.25) is 0 Å². The van der Waals surface area contributed by atoms with Crippen LogP contribution in [0.5, 0.6) is 0 Å². The number of hydrogen-bond donors (Lipinski definition) is 2. The summed E-state index contributed by atoms with van der Waals surface area (Å²) >= 11 is 0. The number of nitrogens with two attached hydrogens (primary N) is 1. The number of nitrogens with one attached hydrogen (secondary N) is 1. The van der Waals surface area contributed by atoms with Crippen LogP contribution in [0.1, 0.15) is 52.4 Å². The molecule has 1 aromatic rings. The van der Waals surface area contributed by atoms with Gasteiger partial charge in [0, 0.05) is 11.7 Å². The van der Waals surface area contributed by atoms with Crippen molar-refractivity contribution in [1.29, 1.82) is 0 Å². The van der Waals surface area contributed by atoms with Crippen LogP contribution < -0.4 is 11.1 Å². The van der Waals surface area contributed by atoms with Crippen molar-refractivity contribution in [3.05, 3.63) is 18.5 Å². The van der Waals surface area contributed by atoms with Gasteiger partial charge in [0.25, 0.3) is 0 Å². The molecule has 0 aromatic carbocycles. The maximum absolute atomic E-state index is 6.09. The summed E-state index contributed by atoms with van der Waals surface area (Å²) in [7, 11) is 0. The van der Waals surface area contributed by atoms with Crippen molar-refractivity contribution in [3.63, 3.8) is 0 Å². The highest BCUT2D eigenvalue weighted by atomic mass is 15.0. The Hall–Kier alpha value is -1.25. The predicted molar refractivity (Wildman–Crippen MR) is 82.4 cm³/mol. The Morgan fingerprint density at radius 3 is 2.45 bits per heavy atom. The van der Waals surface area contributed by atoms with Gasteiger partial charge in [-0.3, -0.25) is 4.98 Å². The van der Waals surface area contributed by atoms with Gasteiger partial charge < -0.3 is 11.1 Å². The van der Waals surface area contributed by atoms with Crippen LogP contribution in [-0.2, 0) is 0 Å². The smallest absolute Gasteiger partial charge is 0.0736 e. The number of rotatable bonds is 2. The Morgan fingerprint density at radius 1 is 1.15 bits per heavy atom.